The van der Waals surface area contributed by atoms with Crippen molar-refractivity contribution in [1.29, 1.82) is 0 Å². The van der Waals surface area contributed by atoms with Crippen molar-refractivity contribution in [2.75, 3.05) is 0 Å². The van der Waals surface area contributed by atoms with Crippen molar-refractivity contribution in [3.63, 3.8) is 0 Å². The fourth-order valence-electron chi connectivity index (χ4n) is 2.88. The summed E-state index contributed by atoms with van der Waals surface area (Å²) in [6.07, 6.45) is 2.32. The van der Waals surface area contributed by atoms with E-state index in [4.69, 9.17) is 4.74 Å². The first-order valence-corrected chi connectivity index (χ1v) is 6.43. The molecule has 0 saturated carbocycles. The van der Waals surface area contributed by atoms with Crippen molar-refractivity contribution in [2.45, 2.75) is 60.0 Å². The van der Waals surface area contributed by atoms with Crippen molar-refractivity contribution in [3.05, 3.63) is 22.5 Å². The molecule has 0 aromatic carbocycles. The Balaban J connectivity index is 2.45. The summed E-state index contributed by atoms with van der Waals surface area (Å²) in [5, 5.41) is 0. The van der Waals surface area contributed by atoms with Gasteiger partial charge in [-0.3, -0.25) is 0 Å². The van der Waals surface area contributed by atoms with Crippen LogP contribution < -0.4 is 0 Å². The SMILES string of the molecule is CC1=C(C)C(C)C(C)C2=C1CCC(C)(C)O2. The lowest BCUT2D eigenvalue weighted by Crippen LogP contribution is -2.34. The summed E-state index contributed by atoms with van der Waals surface area (Å²) in [6.45, 7) is 13.6. The molecule has 90 valence electrons. The third-order valence-electron chi connectivity index (χ3n) is 4.55. The Morgan fingerprint density at radius 2 is 1.75 bits per heavy atom. The third-order valence-corrected chi connectivity index (χ3v) is 4.55. The zero-order valence-electron chi connectivity index (χ0n) is 11.5. The monoisotopic (exact) mass is 220 g/mol. The van der Waals surface area contributed by atoms with Gasteiger partial charge in [-0.15, -0.1) is 0 Å². The molecule has 2 aliphatic rings. The first-order chi connectivity index (χ1) is 7.33. The molecule has 0 aromatic heterocycles. The van der Waals surface area contributed by atoms with E-state index in [-0.39, 0.29) is 5.60 Å². The third kappa shape index (κ3) is 1.70. The molecule has 1 aliphatic heterocycles. The van der Waals surface area contributed by atoms with Crippen molar-refractivity contribution in [3.8, 4) is 0 Å². The van der Waals surface area contributed by atoms with Gasteiger partial charge in [-0.2, -0.15) is 0 Å². The average molecular weight is 220 g/mol. The largest absolute Gasteiger partial charge is 0.492 e. The van der Waals surface area contributed by atoms with E-state index in [2.05, 4.69) is 41.5 Å². The Hall–Kier alpha value is -0.720. The van der Waals surface area contributed by atoms with Crippen LogP contribution in [0, 0.1) is 11.8 Å². The van der Waals surface area contributed by atoms with E-state index >= 15 is 0 Å². The maximum atomic E-state index is 6.22. The second-order valence-corrected chi connectivity index (χ2v) is 6.09. The molecule has 16 heavy (non-hydrogen) atoms. The van der Waals surface area contributed by atoms with Gasteiger partial charge < -0.3 is 4.74 Å². The van der Waals surface area contributed by atoms with Gasteiger partial charge in [0.25, 0.3) is 0 Å². The number of hydrogen-bond acceptors (Lipinski definition) is 1. The number of hydrogen-bond donors (Lipinski definition) is 0. The van der Waals surface area contributed by atoms with Crippen LogP contribution in [-0.4, -0.2) is 5.60 Å². The molecule has 0 bridgehead atoms. The second kappa shape index (κ2) is 3.65. The first-order valence-electron chi connectivity index (χ1n) is 6.43. The number of rotatable bonds is 0. The highest BCUT2D eigenvalue weighted by atomic mass is 16.5. The van der Waals surface area contributed by atoms with E-state index in [0.29, 0.717) is 11.8 Å². The van der Waals surface area contributed by atoms with Crippen LogP contribution in [0.1, 0.15) is 54.4 Å². The summed E-state index contributed by atoms with van der Waals surface area (Å²) in [5.41, 5.74) is 4.55. The highest BCUT2D eigenvalue weighted by molar-refractivity contribution is 5.42. The molecule has 0 radical (unpaired) electrons. The lowest BCUT2D eigenvalue weighted by molar-refractivity contribution is -0.00721. The highest BCUT2D eigenvalue weighted by Gasteiger charge is 2.36. The van der Waals surface area contributed by atoms with Crippen LogP contribution in [0.25, 0.3) is 0 Å². The standard InChI is InChI=1S/C15H24O/c1-9-10(2)12(4)14-13(11(9)3)7-8-15(5,6)16-14/h10,12H,7-8H2,1-6H3. The van der Waals surface area contributed by atoms with Crippen LogP contribution in [-0.2, 0) is 4.74 Å². The minimum Gasteiger partial charge on any atom is -0.492 e. The Labute approximate surface area is 99.6 Å². The van der Waals surface area contributed by atoms with E-state index in [1.54, 1.807) is 5.57 Å². The van der Waals surface area contributed by atoms with Gasteiger partial charge in [0.05, 0.1) is 0 Å². The van der Waals surface area contributed by atoms with E-state index in [0.717, 1.165) is 6.42 Å². The summed E-state index contributed by atoms with van der Waals surface area (Å²) in [6, 6.07) is 0. The maximum absolute atomic E-state index is 6.22. The highest BCUT2D eigenvalue weighted by Crippen LogP contribution is 2.45. The molecule has 2 unspecified atom stereocenters. The van der Waals surface area contributed by atoms with Gasteiger partial charge >= 0.3 is 0 Å². The van der Waals surface area contributed by atoms with Gasteiger partial charge in [0.15, 0.2) is 0 Å². The molecule has 0 N–H and O–H groups in total. The lowest BCUT2D eigenvalue weighted by Gasteiger charge is -2.42. The van der Waals surface area contributed by atoms with E-state index < -0.39 is 0 Å². The van der Waals surface area contributed by atoms with Gasteiger partial charge in [0.1, 0.15) is 11.4 Å². The Kier molecular flexibility index (Phi) is 2.68. The van der Waals surface area contributed by atoms with Crippen LogP contribution in [0.5, 0.6) is 0 Å². The summed E-state index contributed by atoms with van der Waals surface area (Å²) >= 11 is 0. The van der Waals surface area contributed by atoms with Crippen LogP contribution in [0.15, 0.2) is 22.5 Å². The van der Waals surface area contributed by atoms with Crippen LogP contribution in [0.4, 0.5) is 0 Å². The molecule has 1 aliphatic carbocycles. The molecular formula is C15H24O. The lowest BCUT2D eigenvalue weighted by atomic mass is 9.74. The predicted molar refractivity (Wildman–Crippen MR) is 68.1 cm³/mol. The molecule has 1 heteroatoms. The molecule has 0 spiro atoms. The normalized spacial score (nSPS) is 33.6. The second-order valence-electron chi connectivity index (χ2n) is 6.09. The van der Waals surface area contributed by atoms with Gasteiger partial charge in [0.2, 0.25) is 0 Å². The molecule has 0 fully saturated rings. The fraction of sp³-hybridized carbons (Fsp3) is 0.733. The molecule has 1 heterocycles. The van der Waals surface area contributed by atoms with Crippen molar-refractivity contribution < 1.29 is 4.74 Å². The Morgan fingerprint density at radius 3 is 2.38 bits per heavy atom. The van der Waals surface area contributed by atoms with Crippen molar-refractivity contribution in [2.24, 2.45) is 11.8 Å². The molecular weight excluding hydrogens is 196 g/mol. The van der Waals surface area contributed by atoms with Crippen molar-refractivity contribution in [1.82, 2.24) is 0 Å². The summed E-state index contributed by atoms with van der Waals surface area (Å²) in [5.74, 6) is 2.43. The van der Waals surface area contributed by atoms with Gasteiger partial charge in [-0.05, 0) is 57.6 Å². The smallest absolute Gasteiger partial charge is 0.104 e. The summed E-state index contributed by atoms with van der Waals surface area (Å²) in [4.78, 5) is 0. The molecule has 2 atom stereocenters. The predicted octanol–water partition coefficient (Wildman–Crippen LogP) is 4.45. The Morgan fingerprint density at radius 1 is 1.12 bits per heavy atom. The van der Waals surface area contributed by atoms with Gasteiger partial charge in [0, 0.05) is 5.92 Å². The number of ether oxygens (including phenoxy) is 1. The topological polar surface area (TPSA) is 9.23 Å². The van der Waals surface area contributed by atoms with Crippen LogP contribution in [0.3, 0.4) is 0 Å². The van der Waals surface area contributed by atoms with Crippen LogP contribution >= 0.6 is 0 Å². The zero-order valence-corrected chi connectivity index (χ0v) is 11.5. The van der Waals surface area contributed by atoms with Gasteiger partial charge in [-0.25, -0.2) is 0 Å². The van der Waals surface area contributed by atoms with Crippen LogP contribution in [0.2, 0.25) is 0 Å². The Bertz CT molecular complexity index is 371. The average Bonchev–Trinajstić information content (AvgIpc) is 2.22. The fourth-order valence-corrected chi connectivity index (χ4v) is 2.88. The zero-order chi connectivity index (χ0) is 12.1. The van der Waals surface area contributed by atoms with E-state index in [1.807, 2.05) is 0 Å². The maximum Gasteiger partial charge on any atom is 0.104 e. The minimum atomic E-state index is 0.0261. The first kappa shape index (κ1) is 11.8. The van der Waals surface area contributed by atoms with Gasteiger partial charge in [-0.1, -0.05) is 19.4 Å². The molecule has 0 saturated heterocycles. The quantitative estimate of drug-likeness (QED) is 0.586. The van der Waals surface area contributed by atoms with E-state index in [1.165, 1.54) is 23.3 Å². The van der Waals surface area contributed by atoms with E-state index in [9.17, 15) is 0 Å². The molecule has 0 amide bonds. The minimum absolute atomic E-state index is 0.0261. The summed E-state index contributed by atoms with van der Waals surface area (Å²) in [7, 11) is 0. The number of allylic oxidation sites excluding steroid dienone is 4. The molecule has 0 aromatic rings. The molecule has 1 nitrogen and oxygen atoms in total. The van der Waals surface area contributed by atoms with Crippen molar-refractivity contribution >= 4 is 0 Å². The molecule has 2 rings (SSSR count). The summed E-state index contributed by atoms with van der Waals surface area (Å²) < 4.78 is 6.22.